The molecule has 138 valence electrons. The van der Waals surface area contributed by atoms with Gasteiger partial charge < -0.3 is 5.32 Å². The maximum atomic E-state index is 13.3. The van der Waals surface area contributed by atoms with Crippen molar-refractivity contribution in [1.82, 2.24) is 10.3 Å². The lowest BCUT2D eigenvalue weighted by molar-refractivity contribution is 0.0941. The molecular formula is C24H19FN2O. The summed E-state index contributed by atoms with van der Waals surface area (Å²) in [6.45, 7) is 1.96. The van der Waals surface area contributed by atoms with Crippen molar-refractivity contribution in [3.05, 3.63) is 102 Å². The molecule has 4 aromatic rings. The van der Waals surface area contributed by atoms with E-state index in [-0.39, 0.29) is 17.8 Å². The van der Waals surface area contributed by atoms with Crippen LogP contribution >= 0.6 is 0 Å². The van der Waals surface area contributed by atoms with Crippen molar-refractivity contribution in [2.24, 2.45) is 0 Å². The van der Waals surface area contributed by atoms with Gasteiger partial charge in [0.1, 0.15) is 5.82 Å². The van der Waals surface area contributed by atoms with E-state index in [1.165, 1.54) is 12.1 Å². The summed E-state index contributed by atoms with van der Waals surface area (Å²) in [6.07, 6.45) is 0. The average molecular weight is 370 g/mol. The molecule has 4 heteroatoms. The number of pyridine rings is 1. The molecule has 1 aromatic heterocycles. The van der Waals surface area contributed by atoms with E-state index in [0.717, 1.165) is 22.0 Å². The average Bonchev–Trinajstić information content (AvgIpc) is 2.74. The number of halogens is 1. The summed E-state index contributed by atoms with van der Waals surface area (Å²) >= 11 is 0. The number of para-hydroxylation sites is 1. The highest BCUT2D eigenvalue weighted by atomic mass is 19.1. The minimum absolute atomic E-state index is 0.130. The lowest BCUT2D eigenvalue weighted by atomic mass is 10.0. The normalized spacial score (nSPS) is 11.9. The van der Waals surface area contributed by atoms with E-state index in [1.54, 1.807) is 18.2 Å². The summed E-state index contributed by atoms with van der Waals surface area (Å²) < 4.78 is 13.3. The lowest BCUT2D eigenvalue weighted by Crippen LogP contribution is -2.27. The van der Waals surface area contributed by atoms with Crippen LogP contribution in [0.3, 0.4) is 0 Å². The smallest absolute Gasteiger partial charge is 0.252 e. The Balaban J connectivity index is 1.74. The molecule has 0 spiro atoms. The van der Waals surface area contributed by atoms with Crippen molar-refractivity contribution < 1.29 is 9.18 Å². The first-order valence-corrected chi connectivity index (χ1v) is 9.13. The van der Waals surface area contributed by atoms with Gasteiger partial charge in [0.15, 0.2) is 0 Å². The maximum Gasteiger partial charge on any atom is 0.252 e. The molecule has 1 atom stereocenters. The minimum Gasteiger partial charge on any atom is -0.345 e. The van der Waals surface area contributed by atoms with Crippen LogP contribution in [0.15, 0.2) is 84.9 Å². The molecule has 0 aliphatic carbocycles. The van der Waals surface area contributed by atoms with Gasteiger partial charge in [-0.15, -0.1) is 0 Å². The summed E-state index contributed by atoms with van der Waals surface area (Å²) in [5.41, 5.74) is 3.70. The zero-order valence-corrected chi connectivity index (χ0v) is 15.4. The first-order valence-electron chi connectivity index (χ1n) is 9.13. The van der Waals surface area contributed by atoms with Crippen molar-refractivity contribution in [3.63, 3.8) is 0 Å². The van der Waals surface area contributed by atoms with Crippen LogP contribution in [0.25, 0.3) is 22.2 Å². The van der Waals surface area contributed by atoms with Gasteiger partial charge in [-0.25, -0.2) is 9.37 Å². The summed E-state index contributed by atoms with van der Waals surface area (Å²) in [5, 5.41) is 3.85. The summed E-state index contributed by atoms with van der Waals surface area (Å²) in [5.74, 6) is -0.475. The van der Waals surface area contributed by atoms with Crippen LogP contribution in [0.5, 0.6) is 0 Å². The molecule has 0 aliphatic heterocycles. The van der Waals surface area contributed by atoms with Crippen molar-refractivity contribution in [3.8, 4) is 11.3 Å². The van der Waals surface area contributed by atoms with E-state index in [0.29, 0.717) is 11.3 Å². The molecule has 0 unspecified atom stereocenters. The summed E-state index contributed by atoms with van der Waals surface area (Å²) in [7, 11) is 0. The van der Waals surface area contributed by atoms with Crippen LogP contribution < -0.4 is 5.32 Å². The van der Waals surface area contributed by atoms with E-state index < -0.39 is 0 Å². The Kier molecular flexibility index (Phi) is 4.85. The van der Waals surface area contributed by atoms with Gasteiger partial charge in [0.2, 0.25) is 0 Å². The second-order valence-corrected chi connectivity index (χ2v) is 6.68. The van der Waals surface area contributed by atoms with Gasteiger partial charge in [-0.2, -0.15) is 0 Å². The fourth-order valence-corrected chi connectivity index (χ4v) is 3.23. The fourth-order valence-electron chi connectivity index (χ4n) is 3.23. The number of nitrogens with zero attached hydrogens (tertiary/aromatic N) is 1. The van der Waals surface area contributed by atoms with Crippen LogP contribution in [-0.4, -0.2) is 10.9 Å². The third-order valence-corrected chi connectivity index (χ3v) is 4.75. The Labute approximate surface area is 162 Å². The number of amides is 1. The number of hydrogen-bond donors (Lipinski definition) is 1. The largest absolute Gasteiger partial charge is 0.345 e. The van der Waals surface area contributed by atoms with Crippen molar-refractivity contribution in [2.75, 3.05) is 0 Å². The third-order valence-electron chi connectivity index (χ3n) is 4.75. The SMILES string of the molecule is C[C@H](NC(=O)c1cc(-c2ccc(F)cc2)nc2ccccc12)c1ccccc1. The molecule has 0 bridgehead atoms. The molecule has 3 aromatic carbocycles. The first-order chi connectivity index (χ1) is 13.6. The summed E-state index contributed by atoms with van der Waals surface area (Å²) in [4.78, 5) is 17.7. The zero-order chi connectivity index (χ0) is 19.5. The van der Waals surface area contributed by atoms with E-state index >= 15 is 0 Å². The Hall–Kier alpha value is -3.53. The van der Waals surface area contributed by atoms with Crippen LogP contribution in [0, 0.1) is 5.82 Å². The van der Waals surface area contributed by atoms with Crippen molar-refractivity contribution in [2.45, 2.75) is 13.0 Å². The lowest BCUT2D eigenvalue weighted by Gasteiger charge is -2.16. The van der Waals surface area contributed by atoms with Gasteiger partial charge in [-0.05, 0) is 48.9 Å². The van der Waals surface area contributed by atoms with E-state index in [1.807, 2.05) is 61.5 Å². The number of carbonyl (C=O) groups is 1. The molecule has 1 amide bonds. The van der Waals surface area contributed by atoms with Gasteiger partial charge in [-0.1, -0.05) is 48.5 Å². The van der Waals surface area contributed by atoms with Crippen LogP contribution in [0.1, 0.15) is 28.9 Å². The van der Waals surface area contributed by atoms with Gasteiger partial charge in [-0.3, -0.25) is 4.79 Å². The predicted molar refractivity (Wildman–Crippen MR) is 109 cm³/mol. The molecule has 3 nitrogen and oxygen atoms in total. The Bertz CT molecular complexity index is 1120. The van der Waals surface area contributed by atoms with Gasteiger partial charge in [0.25, 0.3) is 5.91 Å². The zero-order valence-electron chi connectivity index (χ0n) is 15.4. The maximum absolute atomic E-state index is 13.3. The number of rotatable bonds is 4. The van der Waals surface area contributed by atoms with Crippen molar-refractivity contribution >= 4 is 16.8 Å². The molecule has 0 radical (unpaired) electrons. The van der Waals surface area contributed by atoms with Crippen LogP contribution in [-0.2, 0) is 0 Å². The monoisotopic (exact) mass is 370 g/mol. The number of aromatic nitrogens is 1. The van der Waals surface area contributed by atoms with Gasteiger partial charge >= 0.3 is 0 Å². The molecule has 1 N–H and O–H groups in total. The molecule has 0 saturated heterocycles. The standard InChI is InChI=1S/C24H19FN2O/c1-16(17-7-3-2-4-8-17)26-24(28)21-15-23(18-11-13-19(25)14-12-18)27-22-10-6-5-9-20(21)22/h2-16H,1H3,(H,26,28)/t16-/m0/s1. The molecule has 1 heterocycles. The van der Waals surface area contributed by atoms with E-state index in [4.69, 9.17) is 0 Å². The molecule has 4 rings (SSSR count). The van der Waals surface area contributed by atoms with Crippen LogP contribution in [0.2, 0.25) is 0 Å². The second-order valence-electron chi connectivity index (χ2n) is 6.68. The molecule has 0 fully saturated rings. The molecule has 0 aliphatic rings. The number of fused-ring (bicyclic) bond motifs is 1. The highest BCUT2D eigenvalue weighted by Crippen LogP contribution is 2.25. The Morgan fingerprint density at radius 3 is 2.36 bits per heavy atom. The Morgan fingerprint density at radius 2 is 1.61 bits per heavy atom. The van der Waals surface area contributed by atoms with E-state index in [9.17, 15) is 9.18 Å². The topological polar surface area (TPSA) is 42.0 Å². The Morgan fingerprint density at radius 1 is 0.929 bits per heavy atom. The third kappa shape index (κ3) is 3.62. The van der Waals surface area contributed by atoms with E-state index in [2.05, 4.69) is 10.3 Å². The van der Waals surface area contributed by atoms with Crippen LogP contribution in [0.4, 0.5) is 4.39 Å². The second kappa shape index (κ2) is 7.61. The number of nitrogens with one attached hydrogen (secondary N) is 1. The molecular weight excluding hydrogens is 351 g/mol. The highest BCUT2D eigenvalue weighted by Gasteiger charge is 2.16. The number of carbonyl (C=O) groups excluding carboxylic acids is 1. The number of hydrogen-bond acceptors (Lipinski definition) is 2. The summed E-state index contributed by atoms with van der Waals surface area (Å²) in [6, 6.07) is 25.1. The molecule has 28 heavy (non-hydrogen) atoms. The number of benzene rings is 3. The predicted octanol–water partition coefficient (Wildman–Crippen LogP) is 5.53. The highest BCUT2D eigenvalue weighted by molar-refractivity contribution is 6.07. The quantitative estimate of drug-likeness (QED) is 0.513. The molecule has 0 saturated carbocycles. The fraction of sp³-hybridized carbons (Fsp3) is 0.0833. The first kappa shape index (κ1) is 17.9. The minimum atomic E-state index is -0.306. The van der Waals surface area contributed by atoms with Gasteiger partial charge in [0.05, 0.1) is 22.8 Å². The van der Waals surface area contributed by atoms with Gasteiger partial charge in [0, 0.05) is 10.9 Å². The van der Waals surface area contributed by atoms with Crippen molar-refractivity contribution in [1.29, 1.82) is 0 Å².